The molecule has 1 fully saturated rings. The predicted octanol–water partition coefficient (Wildman–Crippen LogP) is 1.55. The lowest BCUT2D eigenvalue weighted by Gasteiger charge is -2.41. The summed E-state index contributed by atoms with van der Waals surface area (Å²) in [5.74, 6) is -2.80. The number of hydrogen-bond donors (Lipinski definition) is 1. The van der Waals surface area contributed by atoms with Gasteiger partial charge < -0.3 is 14.5 Å². The van der Waals surface area contributed by atoms with Gasteiger partial charge in [-0.3, -0.25) is 14.5 Å². The topological polar surface area (TPSA) is 88.7 Å². The molecule has 7 heteroatoms. The SMILES string of the molecule is CCOC(=O)[C@H]1C(=O)CN2CCc3c([nH]c4ccccc34)[C@]12C(=O)OCC. The van der Waals surface area contributed by atoms with Crippen molar-refractivity contribution in [3.8, 4) is 0 Å². The molecule has 1 aromatic heterocycles. The van der Waals surface area contributed by atoms with Gasteiger partial charge in [-0.2, -0.15) is 0 Å². The summed E-state index contributed by atoms with van der Waals surface area (Å²) in [4.78, 5) is 43.9. The molecule has 142 valence electrons. The summed E-state index contributed by atoms with van der Waals surface area (Å²) in [6.07, 6.45) is 0.684. The largest absolute Gasteiger partial charge is 0.465 e. The molecule has 0 spiro atoms. The van der Waals surface area contributed by atoms with E-state index in [1.807, 2.05) is 24.3 Å². The molecule has 1 saturated heterocycles. The molecule has 3 heterocycles. The van der Waals surface area contributed by atoms with Gasteiger partial charge in [-0.05, 0) is 31.9 Å². The van der Waals surface area contributed by atoms with E-state index < -0.39 is 23.4 Å². The third kappa shape index (κ3) is 2.34. The number of nitrogens with one attached hydrogen (secondary N) is 1. The maximum absolute atomic E-state index is 13.3. The number of ketones is 1. The van der Waals surface area contributed by atoms with Crippen LogP contribution in [-0.2, 0) is 35.8 Å². The molecular weight excluding hydrogens is 348 g/mol. The van der Waals surface area contributed by atoms with Gasteiger partial charge in [0.15, 0.2) is 17.2 Å². The number of hydrogen-bond acceptors (Lipinski definition) is 6. The molecule has 0 bridgehead atoms. The molecule has 2 aromatic rings. The molecule has 2 aliphatic rings. The highest BCUT2D eigenvalue weighted by atomic mass is 16.5. The summed E-state index contributed by atoms with van der Waals surface area (Å²) in [5, 5.41) is 0.998. The molecule has 2 atom stereocenters. The van der Waals surface area contributed by atoms with Gasteiger partial charge in [-0.1, -0.05) is 18.2 Å². The highest BCUT2D eigenvalue weighted by Gasteiger charge is 2.66. The minimum absolute atomic E-state index is 0.0249. The maximum atomic E-state index is 13.3. The van der Waals surface area contributed by atoms with Crippen LogP contribution in [0.4, 0.5) is 0 Å². The van der Waals surface area contributed by atoms with Gasteiger partial charge in [0.25, 0.3) is 0 Å². The van der Waals surface area contributed by atoms with Crippen LogP contribution in [0.25, 0.3) is 10.9 Å². The Morgan fingerprint density at radius 2 is 1.96 bits per heavy atom. The van der Waals surface area contributed by atoms with Gasteiger partial charge in [0.05, 0.1) is 25.5 Å². The first-order valence-electron chi connectivity index (χ1n) is 9.27. The van der Waals surface area contributed by atoms with Gasteiger partial charge in [-0.25, -0.2) is 4.79 Å². The van der Waals surface area contributed by atoms with E-state index in [0.717, 1.165) is 16.5 Å². The number of carbonyl (C=O) groups is 3. The number of H-pyrrole nitrogens is 1. The van der Waals surface area contributed by atoms with Gasteiger partial charge >= 0.3 is 11.9 Å². The number of fused-ring (bicyclic) bond motifs is 5. The zero-order valence-corrected chi connectivity index (χ0v) is 15.4. The summed E-state index contributed by atoms with van der Waals surface area (Å²) < 4.78 is 10.6. The zero-order chi connectivity index (χ0) is 19.2. The van der Waals surface area contributed by atoms with Crippen LogP contribution in [-0.4, -0.2) is 53.9 Å². The average molecular weight is 370 g/mol. The van der Waals surface area contributed by atoms with E-state index in [9.17, 15) is 14.4 Å². The number of ether oxygens (including phenoxy) is 2. The number of aromatic nitrogens is 1. The van der Waals surface area contributed by atoms with Crippen molar-refractivity contribution in [1.29, 1.82) is 0 Å². The third-order valence-corrected chi connectivity index (χ3v) is 5.52. The van der Waals surface area contributed by atoms with E-state index in [0.29, 0.717) is 18.7 Å². The average Bonchev–Trinajstić information content (AvgIpc) is 3.17. The minimum atomic E-state index is -1.49. The molecule has 7 nitrogen and oxygen atoms in total. The van der Waals surface area contributed by atoms with Gasteiger partial charge in [0.1, 0.15) is 0 Å². The molecule has 27 heavy (non-hydrogen) atoms. The Kier molecular flexibility index (Phi) is 4.26. The monoisotopic (exact) mass is 370 g/mol. The highest BCUT2D eigenvalue weighted by molar-refractivity contribution is 6.10. The van der Waals surface area contributed by atoms with Crippen LogP contribution in [0.5, 0.6) is 0 Å². The summed E-state index contributed by atoms with van der Waals surface area (Å²) in [6, 6.07) is 7.74. The molecular formula is C20H22N2O5. The fourth-order valence-electron chi connectivity index (χ4n) is 4.53. The van der Waals surface area contributed by atoms with E-state index in [1.54, 1.807) is 18.7 Å². The second-order valence-electron chi connectivity index (χ2n) is 6.83. The van der Waals surface area contributed by atoms with Crippen molar-refractivity contribution in [3.63, 3.8) is 0 Å². The van der Waals surface area contributed by atoms with Crippen molar-refractivity contribution in [2.24, 2.45) is 5.92 Å². The predicted molar refractivity (Wildman–Crippen MR) is 97.0 cm³/mol. The van der Waals surface area contributed by atoms with Crippen molar-refractivity contribution in [2.75, 3.05) is 26.3 Å². The lowest BCUT2D eigenvalue weighted by Crippen LogP contribution is -2.58. The molecule has 0 aliphatic carbocycles. The molecule has 0 radical (unpaired) electrons. The first-order chi connectivity index (χ1) is 13.1. The Balaban J connectivity index is 1.99. The molecule has 1 aromatic carbocycles. The maximum Gasteiger partial charge on any atom is 0.334 e. The van der Waals surface area contributed by atoms with Crippen molar-refractivity contribution >= 4 is 28.6 Å². The minimum Gasteiger partial charge on any atom is -0.465 e. The third-order valence-electron chi connectivity index (χ3n) is 5.52. The molecule has 0 saturated carbocycles. The highest BCUT2D eigenvalue weighted by Crippen LogP contribution is 2.48. The zero-order valence-electron chi connectivity index (χ0n) is 15.4. The van der Waals surface area contributed by atoms with Gasteiger partial charge in [-0.15, -0.1) is 0 Å². The van der Waals surface area contributed by atoms with Crippen LogP contribution in [0.3, 0.4) is 0 Å². The number of Topliss-reactive ketones (excluding diaryl/α,β-unsaturated/α-hetero) is 1. The Morgan fingerprint density at radius 1 is 1.22 bits per heavy atom. The Labute approximate surface area is 156 Å². The summed E-state index contributed by atoms with van der Waals surface area (Å²) in [5.41, 5.74) is 0.914. The Bertz CT molecular complexity index is 934. The number of nitrogens with zero attached hydrogens (tertiary/aromatic N) is 1. The second kappa shape index (κ2) is 6.49. The number of carbonyl (C=O) groups excluding carboxylic acids is 3. The number of rotatable bonds is 4. The Morgan fingerprint density at radius 3 is 2.70 bits per heavy atom. The Hall–Kier alpha value is -2.67. The van der Waals surface area contributed by atoms with E-state index in [2.05, 4.69) is 4.98 Å². The van der Waals surface area contributed by atoms with E-state index in [1.165, 1.54) is 0 Å². The smallest absolute Gasteiger partial charge is 0.334 e. The first-order valence-corrected chi connectivity index (χ1v) is 9.27. The van der Waals surface area contributed by atoms with Crippen LogP contribution in [0.1, 0.15) is 25.1 Å². The number of aromatic amines is 1. The first kappa shape index (κ1) is 17.7. The van der Waals surface area contributed by atoms with Crippen LogP contribution in [0, 0.1) is 5.92 Å². The lowest BCUT2D eigenvalue weighted by molar-refractivity contribution is -0.170. The van der Waals surface area contributed by atoms with E-state index >= 15 is 0 Å². The van der Waals surface area contributed by atoms with E-state index in [4.69, 9.17) is 9.47 Å². The van der Waals surface area contributed by atoms with Crippen molar-refractivity contribution in [2.45, 2.75) is 25.8 Å². The number of benzene rings is 1. The van der Waals surface area contributed by atoms with Crippen LogP contribution in [0.15, 0.2) is 24.3 Å². The molecule has 0 amide bonds. The molecule has 4 rings (SSSR count). The fourth-order valence-corrected chi connectivity index (χ4v) is 4.53. The standard InChI is InChI=1S/C20H22N2O5/c1-3-26-18(24)16-15(23)11-22-10-9-13-12-7-5-6-8-14(12)21-17(13)20(16,22)19(25)27-4-2/h5-8,16,21H,3-4,9-11H2,1-2H3/t16-,20+/m1/s1. The van der Waals surface area contributed by atoms with Crippen LogP contribution < -0.4 is 0 Å². The van der Waals surface area contributed by atoms with Crippen molar-refractivity contribution < 1.29 is 23.9 Å². The van der Waals surface area contributed by atoms with Gasteiger partial charge in [0, 0.05) is 17.4 Å². The fraction of sp³-hybridized carbons (Fsp3) is 0.450. The molecule has 1 N–H and O–H groups in total. The van der Waals surface area contributed by atoms with Gasteiger partial charge in [0.2, 0.25) is 0 Å². The summed E-state index contributed by atoms with van der Waals surface area (Å²) >= 11 is 0. The molecule has 2 aliphatic heterocycles. The van der Waals surface area contributed by atoms with Crippen molar-refractivity contribution in [1.82, 2.24) is 9.88 Å². The normalized spacial score (nSPS) is 24.5. The summed E-state index contributed by atoms with van der Waals surface area (Å²) in [7, 11) is 0. The number of para-hydroxylation sites is 1. The van der Waals surface area contributed by atoms with Crippen LogP contribution in [0.2, 0.25) is 0 Å². The van der Waals surface area contributed by atoms with Crippen molar-refractivity contribution in [3.05, 3.63) is 35.5 Å². The lowest BCUT2D eigenvalue weighted by atomic mass is 9.77. The second-order valence-corrected chi connectivity index (χ2v) is 6.83. The van der Waals surface area contributed by atoms with E-state index in [-0.39, 0.29) is 25.5 Å². The van der Waals surface area contributed by atoms with Crippen LogP contribution >= 0.6 is 0 Å². The molecule has 0 unspecified atom stereocenters. The quantitative estimate of drug-likeness (QED) is 0.649. The summed E-state index contributed by atoms with van der Waals surface area (Å²) in [6.45, 7) is 4.21. The number of esters is 2.